The number of piperazine rings is 1. The van der Waals surface area contributed by atoms with Crippen molar-refractivity contribution >= 4 is 28.4 Å². The molecule has 2 amide bonds. The van der Waals surface area contributed by atoms with Crippen molar-refractivity contribution < 1.29 is 14.3 Å². The number of nitrogens with zero attached hydrogens (tertiary/aromatic N) is 4. The number of methoxy groups -OCH3 is 2. The summed E-state index contributed by atoms with van der Waals surface area (Å²) in [6.07, 6.45) is 1.57. The van der Waals surface area contributed by atoms with Crippen molar-refractivity contribution in [3.63, 3.8) is 0 Å². The molecule has 0 radical (unpaired) electrons. The van der Waals surface area contributed by atoms with Gasteiger partial charge in [0.2, 0.25) is 0 Å². The van der Waals surface area contributed by atoms with Crippen molar-refractivity contribution in [3.05, 3.63) is 47.8 Å². The fourth-order valence-corrected chi connectivity index (χ4v) is 4.62. The lowest BCUT2D eigenvalue weighted by molar-refractivity contribution is 0.208. The molecule has 4 rings (SSSR count). The number of carbonyl (C=O) groups is 1. The van der Waals surface area contributed by atoms with Crippen molar-refractivity contribution in [3.8, 4) is 11.5 Å². The van der Waals surface area contributed by atoms with Crippen LogP contribution in [0, 0.1) is 0 Å². The van der Waals surface area contributed by atoms with Crippen LogP contribution in [0.15, 0.2) is 36.7 Å². The molecule has 1 N–H and O–H groups in total. The van der Waals surface area contributed by atoms with Crippen LogP contribution in [0.5, 0.6) is 11.5 Å². The number of ether oxygens (including phenoxy) is 2. The fraction of sp³-hybridized carbons (Fsp3) is 0.444. The van der Waals surface area contributed by atoms with Gasteiger partial charge in [-0.2, -0.15) is 0 Å². The zero-order chi connectivity index (χ0) is 25.1. The number of anilines is 2. The molecule has 1 aliphatic rings. The van der Waals surface area contributed by atoms with Gasteiger partial charge >= 0.3 is 6.03 Å². The molecule has 1 fully saturated rings. The van der Waals surface area contributed by atoms with E-state index in [1.807, 2.05) is 17.0 Å². The maximum absolute atomic E-state index is 13.3. The average molecular weight is 478 g/mol. The van der Waals surface area contributed by atoms with E-state index in [0.717, 1.165) is 22.4 Å². The Morgan fingerprint density at radius 1 is 0.914 bits per heavy atom. The molecular formula is C27H35N5O3. The number of benzene rings is 2. The molecule has 0 aliphatic carbocycles. The van der Waals surface area contributed by atoms with Gasteiger partial charge in [-0.3, -0.25) is 0 Å². The lowest BCUT2D eigenvalue weighted by Crippen LogP contribution is -2.50. The summed E-state index contributed by atoms with van der Waals surface area (Å²) in [7, 11) is 3.23. The van der Waals surface area contributed by atoms with Crippen LogP contribution in [0.3, 0.4) is 0 Å². The summed E-state index contributed by atoms with van der Waals surface area (Å²) in [5.74, 6) is 2.75. The third-order valence-electron chi connectivity index (χ3n) is 6.59. The normalized spacial score (nSPS) is 14.1. The largest absolute Gasteiger partial charge is 0.493 e. The van der Waals surface area contributed by atoms with Gasteiger partial charge in [-0.1, -0.05) is 45.9 Å². The van der Waals surface area contributed by atoms with Crippen molar-refractivity contribution in [1.82, 2.24) is 14.9 Å². The molecular weight excluding hydrogens is 442 g/mol. The second-order valence-corrected chi connectivity index (χ2v) is 9.45. The Balaban J connectivity index is 1.51. The third kappa shape index (κ3) is 4.97. The standard InChI is InChI=1S/C27H35N5O3/c1-17(2)19-8-7-9-20(18(3)4)25(19)30-27(33)32-12-10-31(11-13-32)26-21-14-23(34-5)24(35-6)15-22(21)28-16-29-26/h7-9,14-18H,10-13H2,1-6H3,(H,30,33). The first-order valence-corrected chi connectivity index (χ1v) is 12.1. The number of rotatable bonds is 6. The molecule has 0 spiro atoms. The molecule has 0 unspecified atom stereocenters. The Hall–Kier alpha value is -3.55. The van der Waals surface area contributed by atoms with E-state index < -0.39 is 0 Å². The summed E-state index contributed by atoms with van der Waals surface area (Å²) >= 11 is 0. The second kappa shape index (κ2) is 10.4. The smallest absolute Gasteiger partial charge is 0.321 e. The van der Waals surface area contributed by atoms with Gasteiger partial charge < -0.3 is 24.6 Å². The van der Waals surface area contributed by atoms with Crippen LogP contribution in [0.25, 0.3) is 10.9 Å². The minimum Gasteiger partial charge on any atom is -0.493 e. The van der Waals surface area contributed by atoms with Gasteiger partial charge in [0.25, 0.3) is 0 Å². The molecule has 1 saturated heterocycles. The number of urea groups is 1. The second-order valence-electron chi connectivity index (χ2n) is 9.45. The number of amides is 2. The summed E-state index contributed by atoms with van der Waals surface area (Å²) in [6, 6.07) is 10.0. The Bertz CT molecular complexity index is 1180. The van der Waals surface area contributed by atoms with E-state index >= 15 is 0 Å². The van der Waals surface area contributed by atoms with Gasteiger partial charge in [0.1, 0.15) is 12.1 Å². The fourth-order valence-electron chi connectivity index (χ4n) is 4.62. The zero-order valence-corrected chi connectivity index (χ0v) is 21.5. The molecule has 8 heteroatoms. The van der Waals surface area contributed by atoms with E-state index in [1.165, 1.54) is 11.1 Å². The number of carbonyl (C=O) groups excluding carboxylic acids is 1. The van der Waals surface area contributed by atoms with Crippen molar-refractivity contribution in [2.45, 2.75) is 39.5 Å². The Labute approximate surface area is 207 Å². The van der Waals surface area contributed by atoms with Crippen LogP contribution < -0.4 is 19.7 Å². The topological polar surface area (TPSA) is 79.8 Å². The molecule has 1 aromatic heterocycles. The molecule has 8 nitrogen and oxygen atoms in total. The number of hydrogen-bond acceptors (Lipinski definition) is 6. The van der Waals surface area contributed by atoms with E-state index in [0.29, 0.717) is 49.5 Å². The minimum atomic E-state index is -0.0569. The molecule has 2 aromatic carbocycles. The summed E-state index contributed by atoms with van der Waals surface area (Å²) in [5, 5.41) is 4.13. The summed E-state index contributed by atoms with van der Waals surface area (Å²) in [6.45, 7) is 11.2. The molecule has 186 valence electrons. The van der Waals surface area contributed by atoms with E-state index in [4.69, 9.17) is 9.47 Å². The zero-order valence-electron chi connectivity index (χ0n) is 21.5. The van der Waals surface area contributed by atoms with E-state index in [9.17, 15) is 4.79 Å². The van der Waals surface area contributed by atoms with Gasteiger partial charge in [-0.15, -0.1) is 0 Å². The predicted octanol–water partition coefficient (Wildman–Crippen LogP) is 5.25. The van der Waals surface area contributed by atoms with Crippen LogP contribution in [0.1, 0.15) is 50.7 Å². The molecule has 2 heterocycles. The maximum Gasteiger partial charge on any atom is 0.321 e. The number of aromatic nitrogens is 2. The Morgan fingerprint density at radius 3 is 2.09 bits per heavy atom. The van der Waals surface area contributed by atoms with Crippen molar-refractivity contribution in [2.24, 2.45) is 0 Å². The van der Waals surface area contributed by atoms with E-state index in [2.05, 4.69) is 66.1 Å². The highest BCUT2D eigenvalue weighted by Gasteiger charge is 2.25. The van der Waals surface area contributed by atoms with Crippen LogP contribution in [0.4, 0.5) is 16.3 Å². The van der Waals surface area contributed by atoms with Crippen molar-refractivity contribution in [1.29, 1.82) is 0 Å². The van der Waals surface area contributed by atoms with Gasteiger partial charge in [0, 0.05) is 43.3 Å². The molecule has 3 aromatic rings. The van der Waals surface area contributed by atoms with E-state index in [1.54, 1.807) is 20.5 Å². The van der Waals surface area contributed by atoms with Crippen LogP contribution in [-0.4, -0.2) is 61.3 Å². The van der Waals surface area contributed by atoms with Gasteiger partial charge in [-0.25, -0.2) is 14.8 Å². The lowest BCUT2D eigenvalue weighted by Gasteiger charge is -2.36. The molecule has 0 bridgehead atoms. The van der Waals surface area contributed by atoms with E-state index in [-0.39, 0.29) is 6.03 Å². The van der Waals surface area contributed by atoms with Crippen LogP contribution in [0.2, 0.25) is 0 Å². The summed E-state index contributed by atoms with van der Waals surface area (Å²) < 4.78 is 10.9. The Morgan fingerprint density at radius 2 is 1.51 bits per heavy atom. The molecule has 0 atom stereocenters. The quantitative estimate of drug-likeness (QED) is 0.522. The first-order valence-electron chi connectivity index (χ1n) is 12.1. The average Bonchev–Trinajstić information content (AvgIpc) is 2.87. The molecule has 0 saturated carbocycles. The molecule has 1 aliphatic heterocycles. The SMILES string of the molecule is COc1cc2ncnc(N3CCN(C(=O)Nc4c(C(C)C)cccc4C(C)C)CC3)c2cc1OC. The highest BCUT2D eigenvalue weighted by molar-refractivity contribution is 5.93. The third-order valence-corrected chi connectivity index (χ3v) is 6.59. The van der Waals surface area contributed by atoms with Crippen LogP contribution in [-0.2, 0) is 0 Å². The molecule has 35 heavy (non-hydrogen) atoms. The number of hydrogen-bond donors (Lipinski definition) is 1. The van der Waals surface area contributed by atoms with Gasteiger partial charge in [0.15, 0.2) is 11.5 Å². The van der Waals surface area contributed by atoms with Crippen LogP contribution >= 0.6 is 0 Å². The number of para-hydroxylation sites is 1. The lowest BCUT2D eigenvalue weighted by atomic mass is 9.93. The van der Waals surface area contributed by atoms with Gasteiger partial charge in [0.05, 0.1) is 19.7 Å². The first-order chi connectivity index (χ1) is 16.8. The summed E-state index contributed by atoms with van der Waals surface area (Å²) in [5.41, 5.74) is 4.08. The monoisotopic (exact) mass is 477 g/mol. The van der Waals surface area contributed by atoms with Crippen molar-refractivity contribution in [2.75, 3.05) is 50.6 Å². The first kappa shape index (κ1) is 24.6. The Kier molecular flexibility index (Phi) is 7.28. The number of nitrogens with one attached hydrogen (secondary N) is 1. The maximum atomic E-state index is 13.3. The highest BCUT2D eigenvalue weighted by Crippen LogP contribution is 2.35. The minimum absolute atomic E-state index is 0.0569. The van der Waals surface area contributed by atoms with Gasteiger partial charge in [-0.05, 0) is 29.0 Å². The predicted molar refractivity (Wildman–Crippen MR) is 140 cm³/mol. The summed E-state index contributed by atoms with van der Waals surface area (Å²) in [4.78, 5) is 26.3. The number of fused-ring (bicyclic) bond motifs is 1. The highest BCUT2D eigenvalue weighted by atomic mass is 16.5.